The zero-order valence-electron chi connectivity index (χ0n) is 14.2. The molecule has 0 bridgehead atoms. The van der Waals surface area contributed by atoms with Crippen molar-refractivity contribution in [2.45, 2.75) is 39.5 Å². The van der Waals surface area contributed by atoms with Gasteiger partial charge in [-0.3, -0.25) is 4.79 Å². The summed E-state index contributed by atoms with van der Waals surface area (Å²) in [5.41, 5.74) is 1.33. The molecule has 1 aliphatic heterocycles. The van der Waals surface area contributed by atoms with Gasteiger partial charge >= 0.3 is 0 Å². The van der Waals surface area contributed by atoms with Gasteiger partial charge in [0.05, 0.1) is 5.39 Å². The maximum absolute atomic E-state index is 12.5. The zero-order valence-corrected chi connectivity index (χ0v) is 15.1. The van der Waals surface area contributed by atoms with E-state index in [1.54, 1.807) is 17.7 Å². The summed E-state index contributed by atoms with van der Waals surface area (Å²) in [6.45, 7) is 6.15. The van der Waals surface area contributed by atoms with Crippen LogP contribution in [0.1, 0.15) is 37.1 Å². The number of likely N-dealkylation sites (tertiary alicyclic amines) is 1. The summed E-state index contributed by atoms with van der Waals surface area (Å²) in [5, 5.41) is 1.03. The Hall–Kier alpha value is -1.69. The van der Waals surface area contributed by atoms with E-state index in [1.165, 1.54) is 23.3 Å². The van der Waals surface area contributed by atoms with Crippen LogP contribution in [-0.4, -0.2) is 40.5 Å². The van der Waals surface area contributed by atoms with Crippen molar-refractivity contribution in [2.75, 3.05) is 19.7 Å². The Morgan fingerprint density at radius 1 is 1.29 bits per heavy atom. The highest BCUT2D eigenvalue weighted by molar-refractivity contribution is 7.18. The number of aryl methyl sites for hydroxylation is 2. The third kappa shape index (κ3) is 2.88. The fourth-order valence-electron chi connectivity index (χ4n) is 4.10. The summed E-state index contributed by atoms with van der Waals surface area (Å²) in [6.07, 6.45) is 6.11. The van der Waals surface area contributed by atoms with Gasteiger partial charge in [-0.15, -0.1) is 11.3 Å². The van der Waals surface area contributed by atoms with E-state index in [4.69, 9.17) is 4.74 Å². The lowest BCUT2D eigenvalue weighted by atomic mass is 9.92. The van der Waals surface area contributed by atoms with Crippen molar-refractivity contribution in [3.8, 4) is 5.88 Å². The van der Waals surface area contributed by atoms with Gasteiger partial charge in [-0.25, -0.2) is 9.97 Å². The predicted molar refractivity (Wildman–Crippen MR) is 94.5 cm³/mol. The molecule has 2 aromatic heterocycles. The van der Waals surface area contributed by atoms with Crippen LogP contribution in [0.5, 0.6) is 5.88 Å². The van der Waals surface area contributed by atoms with Gasteiger partial charge in [0.2, 0.25) is 5.88 Å². The summed E-state index contributed by atoms with van der Waals surface area (Å²) < 4.78 is 5.85. The molecule has 3 heterocycles. The second-order valence-corrected chi connectivity index (χ2v) is 8.33. The molecule has 2 atom stereocenters. The van der Waals surface area contributed by atoms with E-state index in [0.29, 0.717) is 17.7 Å². The molecule has 0 aromatic carbocycles. The summed E-state index contributed by atoms with van der Waals surface area (Å²) in [7, 11) is 0. The Morgan fingerprint density at radius 3 is 2.88 bits per heavy atom. The summed E-state index contributed by atoms with van der Waals surface area (Å²) in [6, 6.07) is 0. The van der Waals surface area contributed by atoms with Crippen LogP contribution in [0.3, 0.4) is 0 Å². The van der Waals surface area contributed by atoms with Crippen molar-refractivity contribution in [1.82, 2.24) is 14.9 Å². The van der Waals surface area contributed by atoms with E-state index in [-0.39, 0.29) is 12.5 Å². The summed E-state index contributed by atoms with van der Waals surface area (Å²) in [4.78, 5) is 25.5. The lowest BCUT2D eigenvalue weighted by Crippen LogP contribution is -2.44. The molecule has 5 nitrogen and oxygen atoms in total. The van der Waals surface area contributed by atoms with E-state index in [9.17, 15) is 4.79 Å². The van der Waals surface area contributed by atoms with Crippen molar-refractivity contribution in [2.24, 2.45) is 11.8 Å². The van der Waals surface area contributed by atoms with Crippen LogP contribution >= 0.6 is 11.3 Å². The maximum atomic E-state index is 12.5. The molecule has 6 heteroatoms. The fraction of sp³-hybridized carbons (Fsp3) is 0.611. The molecule has 0 radical (unpaired) electrons. The lowest BCUT2D eigenvalue weighted by molar-refractivity contribution is -0.136. The lowest BCUT2D eigenvalue weighted by Gasteiger charge is -2.34. The second kappa shape index (κ2) is 6.31. The molecule has 2 aromatic rings. The van der Waals surface area contributed by atoms with Gasteiger partial charge in [0.25, 0.3) is 5.91 Å². The Labute approximate surface area is 146 Å². The standard InChI is InChI=1S/C18H23N3O2S/c1-11-6-12(2)8-21(7-11)15(22)9-23-17-16-13-4-3-5-14(13)24-18(16)20-10-19-17/h10-12H,3-9H2,1-2H3/t11-,12-/m1/s1. The van der Waals surface area contributed by atoms with E-state index in [0.717, 1.165) is 36.1 Å². The number of amides is 1. The topological polar surface area (TPSA) is 55.3 Å². The van der Waals surface area contributed by atoms with Crippen LogP contribution in [0, 0.1) is 11.8 Å². The maximum Gasteiger partial charge on any atom is 0.260 e. The SMILES string of the molecule is C[C@@H]1C[C@@H](C)CN(C(=O)COc2ncnc3sc4c(c23)CCC4)C1. The van der Waals surface area contributed by atoms with Gasteiger partial charge in [-0.05, 0) is 43.1 Å². The monoisotopic (exact) mass is 345 g/mol. The van der Waals surface area contributed by atoms with Gasteiger partial charge in [-0.1, -0.05) is 13.8 Å². The van der Waals surface area contributed by atoms with Gasteiger partial charge in [0.15, 0.2) is 6.61 Å². The molecular weight excluding hydrogens is 322 g/mol. The molecule has 0 saturated carbocycles. The first-order chi connectivity index (χ1) is 11.6. The van der Waals surface area contributed by atoms with Crippen LogP contribution in [0.4, 0.5) is 0 Å². The molecule has 1 amide bonds. The highest BCUT2D eigenvalue weighted by Gasteiger charge is 2.26. The van der Waals surface area contributed by atoms with E-state index in [1.807, 2.05) is 4.90 Å². The number of aromatic nitrogens is 2. The highest BCUT2D eigenvalue weighted by Crippen LogP contribution is 2.39. The fourth-order valence-corrected chi connectivity index (χ4v) is 5.32. The summed E-state index contributed by atoms with van der Waals surface area (Å²) >= 11 is 1.74. The molecule has 1 aliphatic carbocycles. The molecule has 1 saturated heterocycles. The number of piperidine rings is 1. The number of nitrogens with zero attached hydrogens (tertiary/aromatic N) is 3. The van der Waals surface area contributed by atoms with Gasteiger partial charge < -0.3 is 9.64 Å². The molecular formula is C18H23N3O2S. The normalized spacial score (nSPS) is 23.5. The van der Waals surface area contributed by atoms with Crippen LogP contribution < -0.4 is 4.74 Å². The number of carbonyl (C=O) groups is 1. The van der Waals surface area contributed by atoms with E-state index >= 15 is 0 Å². The third-order valence-electron chi connectivity index (χ3n) is 5.02. The van der Waals surface area contributed by atoms with Crippen LogP contribution in [0.25, 0.3) is 10.2 Å². The van der Waals surface area contributed by atoms with Gasteiger partial charge in [0.1, 0.15) is 11.2 Å². The smallest absolute Gasteiger partial charge is 0.260 e. The van der Waals surface area contributed by atoms with Crippen molar-refractivity contribution in [3.05, 3.63) is 16.8 Å². The predicted octanol–water partition coefficient (Wildman–Crippen LogP) is 3.06. The average Bonchev–Trinajstić information content (AvgIpc) is 3.12. The molecule has 24 heavy (non-hydrogen) atoms. The molecule has 0 N–H and O–H groups in total. The van der Waals surface area contributed by atoms with Crippen molar-refractivity contribution in [3.63, 3.8) is 0 Å². The molecule has 4 rings (SSSR count). The average molecular weight is 345 g/mol. The Morgan fingerprint density at radius 2 is 2.08 bits per heavy atom. The number of ether oxygens (including phenoxy) is 1. The number of rotatable bonds is 3. The quantitative estimate of drug-likeness (QED) is 0.858. The third-order valence-corrected chi connectivity index (χ3v) is 6.22. The van der Waals surface area contributed by atoms with Crippen LogP contribution in [0.15, 0.2) is 6.33 Å². The second-order valence-electron chi connectivity index (χ2n) is 7.25. The van der Waals surface area contributed by atoms with E-state index in [2.05, 4.69) is 23.8 Å². The van der Waals surface area contributed by atoms with Crippen LogP contribution in [0.2, 0.25) is 0 Å². The molecule has 2 aliphatic rings. The minimum atomic E-state index is 0.0621. The van der Waals surface area contributed by atoms with Gasteiger partial charge in [0, 0.05) is 18.0 Å². The number of fused-ring (bicyclic) bond motifs is 3. The minimum Gasteiger partial charge on any atom is -0.467 e. The summed E-state index contributed by atoms with van der Waals surface area (Å²) in [5.74, 6) is 1.75. The Bertz CT molecular complexity index is 763. The van der Waals surface area contributed by atoms with Crippen LogP contribution in [-0.2, 0) is 17.6 Å². The molecule has 0 unspecified atom stereocenters. The number of carbonyl (C=O) groups excluding carboxylic acids is 1. The first kappa shape index (κ1) is 15.8. The number of thiophene rings is 1. The number of hydrogen-bond donors (Lipinski definition) is 0. The van der Waals surface area contributed by atoms with Crippen molar-refractivity contribution < 1.29 is 9.53 Å². The zero-order chi connectivity index (χ0) is 16.7. The van der Waals surface area contributed by atoms with Crippen molar-refractivity contribution in [1.29, 1.82) is 0 Å². The molecule has 128 valence electrons. The number of hydrogen-bond acceptors (Lipinski definition) is 5. The van der Waals surface area contributed by atoms with E-state index < -0.39 is 0 Å². The Balaban J connectivity index is 1.50. The first-order valence-corrected chi connectivity index (χ1v) is 9.59. The van der Waals surface area contributed by atoms with Crippen molar-refractivity contribution >= 4 is 27.5 Å². The minimum absolute atomic E-state index is 0.0621. The first-order valence-electron chi connectivity index (χ1n) is 8.77. The largest absolute Gasteiger partial charge is 0.467 e. The molecule has 1 fully saturated rings. The molecule has 0 spiro atoms. The Kier molecular flexibility index (Phi) is 4.16. The van der Waals surface area contributed by atoms with Gasteiger partial charge in [-0.2, -0.15) is 0 Å². The highest BCUT2D eigenvalue weighted by atomic mass is 32.1.